The Labute approximate surface area is 110 Å². The van der Waals surface area contributed by atoms with E-state index in [1.165, 1.54) is 11.1 Å². The van der Waals surface area contributed by atoms with Crippen molar-refractivity contribution in [1.82, 2.24) is 5.32 Å². The van der Waals surface area contributed by atoms with Crippen LogP contribution in [-0.4, -0.2) is 0 Å². The molecule has 1 N–H and O–H groups in total. The summed E-state index contributed by atoms with van der Waals surface area (Å²) in [6, 6.07) is 10.5. The first-order valence-corrected chi connectivity index (χ1v) is 6.48. The maximum absolute atomic E-state index is 5.36. The predicted octanol–water partition coefficient (Wildman–Crippen LogP) is 4.20. The van der Waals surface area contributed by atoms with Gasteiger partial charge in [-0.25, -0.2) is 0 Å². The molecule has 1 atom stereocenters. The summed E-state index contributed by atoms with van der Waals surface area (Å²) in [5.41, 5.74) is 2.54. The van der Waals surface area contributed by atoms with Crippen molar-refractivity contribution in [1.29, 1.82) is 0 Å². The van der Waals surface area contributed by atoms with E-state index in [-0.39, 0.29) is 6.04 Å². The molecule has 0 aliphatic carbocycles. The maximum Gasteiger partial charge on any atom is 0.120 e. The van der Waals surface area contributed by atoms with Crippen molar-refractivity contribution in [3.05, 3.63) is 58.0 Å². The van der Waals surface area contributed by atoms with Crippen LogP contribution in [0.3, 0.4) is 0 Å². The zero-order valence-corrected chi connectivity index (χ0v) is 11.6. The van der Waals surface area contributed by atoms with Gasteiger partial charge in [0.05, 0.1) is 12.3 Å². The van der Waals surface area contributed by atoms with Gasteiger partial charge in [0.1, 0.15) is 5.76 Å². The van der Waals surface area contributed by atoms with Gasteiger partial charge < -0.3 is 9.73 Å². The number of rotatable bonds is 4. The third kappa shape index (κ3) is 3.20. The highest BCUT2D eigenvalue weighted by molar-refractivity contribution is 9.10. The van der Waals surface area contributed by atoms with Crippen LogP contribution < -0.4 is 5.32 Å². The van der Waals surface area contributed by atoms with Crippen LogP contribution in [-0.2, 0) is 6.54 Å². The summed E-state index contributed by atoms with van der Waals surface area (Å²) in [6.07, 6.45) is 1.71. The van der Waals surface area contributed by atoms with Gasteiger partial charge in [0.15, 0.2) is 0 Å². The van der Waals surface area contributed by atoms with Gasteiger partial charge in [-0.2, -0.15) is 0 Å². The predicted molar refractivity (Wildman–Crippen MR) is 72.8 cm³/mol. The molecule has 0 bridgehead atoms. The number of hydrogen-bond acceptors (Lipinski definition) is 2. The van der Waals surface area contributed by atoms with Crippen LogP contribution in [0.25, 0.3) is 0 Å². The minimum Gasteiger partial charge on any atom is -0.468 e. The van der Waals surface area contributed by atoms with E-state index in [9.17, 15) is 0 Å². The lowest BCUT2D eigenvalue weighted by Crippen LogP contribution is -2.17. The molecular weight excluding hydrogens is 278 g/mol. The summed E-state index contributed by atoms with van der Waals surface area (Å²) in [5.74, 6) is 0.971. The Kier molecular flexibility index (Phi) is 4.02. The van der Waals surface area contributed by atoms with E-state index in [4.69, 9.17) is 4.42 Å². The number of halogens is 1. The number of furan rings is 1. The van der Waals surface area contributed by atoms with Crippen molar-refractivity contribution in [3.8, 4) is 0 Å². The first kappa shape index (κ1) is 12.4. The highest BCUT2D eigenvalue weighted by Crippen LogP contribution is 2.18. The second-order valence-electron chi connectivity index (χ2n) is 4.20. The molecule has 0 aliphatic rings. The quantitative estimate of drug-likeness (QED) is 0.914. The first-order chi connectivity index (χ1) is 8.16. The molecule has 0 saturated carbocycles. The average Bonchev–Trinajstić information content (AvgIpc) is 2.84. The van der Waals surface area contributed by atoms with Gasteiger partial charge in [-0.05, 0) is 43.2 Å². The number of nitrogens with one attached hydrogen (secondary N) is 1. The molecule has 1 heterocycles. The Hall–Kier alpha value is -1.06. The van der Waals surface area contributed by atoms with Crippen LogP contribution in [0.4, 0.5) is 0 Å². The van der Waals surface area contributed by atoms with Crippen molar-refractivity contribution in [3.63, 3.8) is 0 Å². The van der Waals surface area contributed by atoms with Crippen molar-refractivity contribution in [2.24, 2.45) is 0 Å². The Balaban J connectivity index is 1.96. The summed E-state index contributed by atoms with van der Waals surface area (Å²) in [7, 11) is 0. The van der Waals surface area contributed by atoms with Crippen LogP contribution >= 0.6 is 15.9 Å². The zero-order chi connectivity index (χ0) is 12.3. The minimum atomic E-state index is 0.231. The smallest absolute Gasteiger partial charge is 0.120 e. The standard InChI is InChI=1S/C14H16BrNO/c1-10-8-12(5-6-13(10)15)9-16-11(2)14-4-3-7-17-14/h3-8,11,16H,9H2,1-2H3. The van der Waals surface area contributed by atoms with Gasteiger partial charge in [0.2, 0.25) is 0 Å². The summed E-state index contributed by atoms with van der Waals surface area (Å²) in [5, 5.41) is 3.44. The van der Waals surface area contributed by atoms with E-state index < -0.39 is 0 Å². The summed E-state index contributed by atoms with van der Waals surface area (Å²) < 4.78 is 6.51. The fourth-order valence-electron chi connectivity index (χ4n) is 1.73. The Morgan fingerprint density at radius 3 is 2.82 bits per heavy atom. The van der Waals surface area contributed by atoms with Gasteiger partial charge >= 0.3 is 0 Å². The largest absolute Gasteiger partial charge is 0.468 e. The van der Waals surface area contributed by atoms with Gasteiger partial charge in [-0.15, -0.1) is 0 Å². The van der Waals surface area contributed by atoms with Gasteiger partial charge in [0, 0.05) is 11.0 Å². The Morgan fingerprint density at radius 1 is 1.35 bits per heavy atom. The third-order valence-corrected chi connectivity index (χ3v) is 3.69. The summed E-state index contributed by atoms with van der Waals surface area (Å²) in [6.45, 7) is 5.05. The van der Waals surface area contributed by atoms with E-state index in [1.807, 2.05) is 12.1 Å². The zero-order valence-electron chi connectivity index (χ0n) is 10.0. The van der Waals surface area contributed by atoms with Gasteiger partial charge in [-0.3, -0.25) is 0 Å². The van der Waals surface area contributed by atoms with Crippen molar-refractivity contribution < 1.29 is 4.42 Å². The van der Waals surface area contributed by atoms with E-state index in [0.717, 1.165) is 16.8 Å². The highest BCUT2D eigenvalue weighted by Gasteiger charge is 2.07. The lowest BCUT2D eigenvalue weighted by Gasteiger charge is -2.12. The second-order valence-corrected chi connectivity index (χ2v) is 5.06. The molecule has 17 heavy (non-hydrogen) atoms. The second kappa shape index (κ2) is 5.52. The van der Waals surface area contributed by atoms with Crippen LogP contribution in [0, 0.1) is 6.92 Å². The topological polar surface area (TPSA) is 25.2 Å². The van der Waals surface area contributed by atoms with Crippen molar-refractivity contribution in [2.75, 3.05) is 0 Å². The average molecular weight is 294 g/mol. The fourth-order valence-corrected chi connectivity index (χ4v) is 1.97. The molecule has 2 nitrogen and oxygen atoms in total. The molecule has 1 unspecified atom stereocenters. The molecule has 3 heteroatoms. The molecule has 1 aromatic heterocycles. The SMILES string of the molecule is Cc1cc(CNC(C)c2ccco2)ccc1Br. The number of aryl methyl sites for hydroxylation is 1. The minimum absolute atomic E-state index is 0.231. The molecule has 1 aromatic carbocycles. The molecule has 0 saturated heterocycles. The van der Waals surface area contributed by atoms with Crippen LogP contribution in [0.1, 0.15) is 29.9 Å². The molecule has 0 fully saturated rings. The molecule has 0 radical (unpaired) electrons. The van der Waals surface area contributed by atoms with Gasteiger partial charge in [-0.1, -0.05) is 28.1 Å². The lowest BCUT2D eigenvalue weighted by atomic mass is 10.1. The molecule has 90 valence electrons. The molecule has 0 amide bonds. The number of hydrogen-bond donors (Lipinski definition) is 1. The van der Waals surface area contributed by atoms with Crippen molar-refractivity contribution >= 4 is 15.9 Å². The summed E-state index contributed by atoms with van der Waals surface area (Å²) >= 11 is 3.51. The molecular formula is C14H16BrNO. The van der Waals surface area contributed by atoms with E-state index >= 15 is 0 Å². The fraction of sp³-hybridized carbons (Fsp3) is 0.286. The molecule has 0 aliphatic heterocycles. The van der Waals surface area contributed by atoms with Crippen LogP contribution in [0.2, 0.25) is 0 Å². The van der Waals surface area contributed by atoms with Crippen molar-refractivity contribution in [2.45, 2.75) is 26.4 Å². The molecule has 0 spiro atoms. The number of benzene rings is 1. The maximum atomic E-state index is 5.36. The normalized spacial score (nSPS) is 12.6. The van der Waals surface area contributed by atoms with Crippen LogP contribution in [0.5, 0.6) is 0 Å². The van der Waals surface area contributed by atoms with E-state index in [1.54, 1.807) is 6.26 Å². The van der Waals surface area contributed by atoms with E-state index in [2.05, 4.69) is 53.3 Å². The first-order valence-electron chi connectivity index (χ1n) is 5.68. The summed E-state index contributed by atoms with van der Waals surface area (Å²) in [4.78, 5) is 0. The molecule has 2 rings (SSSR count). The third-order valence-electron chi connectivity index (χ3n) is 2.80. The lowest BCUT2D eigenvalue weighted by molar-refractivity contribution is 0.430. The Morgan fingerprint density at radius 2 is 2.18 bits per heavy atom. The highest BCUT2D eigenvalue weighted by atomic mass is 79.9. The Bertz CT molecular complexity index is 479. The van der Waals surface area contributed by atoms with Gasteiger partial charge in [0.25, 0.3) is 0 Å². The monoisotopic (exact) mass is 293 g/mol. The van der Waals surface area contributed by atoms with E-state index in [0.29, 0.717) is 0 Å². The molecule has 2 aromatic rings. The van der Waals surface area contributed by atoms with Crippen LogP contribution in [0.15, 0.2) is 45.5 Å².